The first-order valence-corrected chi connectivity index (χ1v) is 9.27. The number of carbonyl (C=O) groups is 2. The predicted octanol–water partition coefficient (Wildman–Crippen LogP) is 3.90. The summed E-state index contributed by atoms with van der Waals surface area (Å²) in [5.74, 6) is 0.441. The van der Waals surface area contributed by atoms with Gasteiger partial charge in [-0.3, -0.25) is 9.59 Å². The molecule has 26 heavy (non-hydrogen) atoms. The Morgan fingerprint density at radius 1 is 1.27 bits per heavy atom. The van der Waals surface area contributed by atoms with Gasteiger partial charge >= 0.3 is 0 Å². The van der Waals surface area contributed by atoms with Gasteiger partial charge in [0, 0.05) is 22.1 Å². The number of amides is 1. The summed E-state index contributed by atoms with van der Waals surface area (Å²) in [6, 6.07) is 5.77. The Morgan fingerprint density at radius 2 is 2.08 bits per heavy atom. The molecule has 0 spiro atoms. The first-order valence-electron chi connectivity index (χ1n) is 8.29. The van der Waals surface area contributed by atoms with Gasteiger partial charge in [0.2, 0.25) is 5.91 Å². The number of anilines is 1. The SMILES string of the molecule is CC(C)(C)C(=O)c1c[nH]c2ncc(-c3ccc4c(c3)SCC(=O)N4)nc12. The third-order valence-electron chi connectivity index (χ3n) is 4.22. The molecular weight excluding hydrogens is 348 g/mol. The van der Waals surface area contributed by atoms with Gasteiger partial charge in [0.25, 0.3) is 0 Å². The van der Waals surface area contributed by atoms with Gasteiger partial charge in [0.05, 0.1) is 28.9 Å². The number of Topliss-reactive ketones (excluding diaryl/α,β-unsaturated/α-hetero) is 1. The van der Waals surface area contributed by atoms with Crippen molar-refractivity contribution in [2.24, 2.45) is 5.41 Å². The van der Waals surface area contributed by atoms with Crippen molar-refractivity contribution in [3.05, 3.63) is 36.2 Å². The van der Waals surface area contributed by atoms with E-state index < -0.39 is 5.41 Å². The Balaban J connectivity index is 1.78. The molecule has 3 aromatic rings. The highest BCUT2D eigenvalue weighted by molar-refractivity contribution is 8.00. The summed E-state index contributed by atoms with van der Waals surface area (Å²) in [5, 5.41) is 2.86. The molecule has 0 fully saturated rings. The number of carbonyl (C=O) groups excluding carboxylic acids is 2. The van der Waals surface area contributed by atoms with Crippen molar-refractivity contribution in [2.45, 2.75) is 25.7 Å². The average molecular weight is 366 g/mol. The highest BCUT2D eigenvalue weighted by Crippen LogP contribution is 2.35. The Bertz CT molecular complexity index is 1050. The summed E-state index contributed by atoms with van der Waals surface area (Å²) in [7, 11) is 0. The molecule has 1 amide bonds. The number of fused-ring (bicyclic) bond motifs is 2. The molecule has 6 nitrogen and oxygen atoms in total. The van der Waals surface area contributed by atoms with Gasteiger partial charge in [-0.25, -0.2) is 9.97 Å². The quantitative estimate of drug-likeness (QED) is 0.672. The average Bonchev–Trinajstić information content (AvgIpc) is 3.02. The van der Waals surface area contributed by atoms with Crippen molar-refractivity contribution in [2.75, 3.05) is 11.1 Å². The van der Waals surface area contributed by atoms with Crippen LogP contribution >= 0.6 is 11.8 Å². The van der Waals surface area contributed by atoms with Crippen LogP contribution in [0.25, 0.3) is 22.4 Å². The monoisotopic (exact) mass is 366 g/mol. The van der Waals surface area contributed by atoms with Crippen molar-refractivity contribution < 1.29 is 9.59 Å². The van der Waals surface area contributed by atoms with Crippen molar-refractivity contribution >= 4 is 40.3 Å². The summed E-state index contributed by atoms with van der Waals surface area (Å²) in [6.07, 6.45) is 3.37. The Hall–Kier alpha value is -2.67. The molecule has 4 rings (SSSR count). The van der Waals surface area contributed by atoms with E-state index in [-0.39, 0.29) is 11.7 Å². The van der Waals surface area contributed by atoms with E-state index in [2.05, 4.69) is 15.3 Å². The molecule has 1 aromatic carbocycles. The van der Waals surface area contributed by atoms with Crippen LogP contribution in [0.2, 0.25) is 0 Å². The number of thioether (sulfide) groups is 1. The number of benzene rings is 1. The summed E-state index contributed by atoms with van der Waals surface area (Å²) in [4.78, 5) is 37.3. The van der Waals surface area contributed by atoms with Crippen molar-refractivity contribution in [3.8, 4) is 11.3 Å². The minimum absolute atomic E-state index is 0.00844. The minimum Gasteiger partial charge on any atom is -0.344 e. The second-order valence-electron chi connectivity index (χ2n) is 7.28. The molecular formula is C19H18N4O2S. The molecule has 1 aliphatic heterocycles. The molecule has 7 heteroatoms. The molecule has 2 N–H and O–H groups in total. The smallest absolute Gasteiger partial charge is 0.234 e. The molecule has 0 saturated heterocycles. The van der Waals surface area contributed by atoms with Gasteiger partial charge < -0.3 is 10.3 Å². The fourth-order valence-electron chi connectivity index (χ4n) is 2.84. The van der Waals surface area contributed by atoms with E-state index in [1.54, 1.807) is 12.4 Å². The lowest BCUT2D eigenvalue weighted by molar-refractivity contribution is -0.113. The van der Waals surface area contributed by atoms with Gasteiger partial charge in [-0.1, -0.05) is 26.8 Å². The van der Waals surface area contributed by atoms with E-state index in [4.69, 9.17) is 4.98 Å². The van der Waals surface area contributed by atoms with E-state index in [0.29, 0.717) is 28.2 Å². The second-order valence-corrected chi connectivity index (χ2v) is 8.30. The largest absolute Gasteiger partial charge is 0.344 e. The summed E-state index contributed by atoms with van der Waals surface area (Å²) < 4.78 is 0. The Morgan fingerprint density at radius 3 is 2.85 bits per heavy atom. The number of rotatable bonds is 2. The van der Waals surface area contributed by atoms with Crippen LogP contribution < -0.4 is 5.32 Å². The van der Waals surface area contributed by atoms with Crippen LogP contribution in [0, 0.1) is 5.41 Å². The Labute approximate surface area is 154 Å². The van der Waals surface area contributed by atoms with E-state index in [0.717, 1.165) is 16.1 Å². The van der Waals surface area contributed by atoms with Crippen LogP contribution in [0.1, 0.15) is 31.1 Å². The molecule has 2 aromatic heterocycles. The normalized spacial score (nSPS) is 14.2. The molecule has 0 aliphatic carbocycles. The Kier molecular flexibility index (Phi) is 3.84. The van der Waals surface area contributed by atoms with Crippen LogP contribution in [0.5, 0.6) is 0 Å². The van der Waals surface area contributed by atoms with Crippen LogP contribution in [0.3, 0.4) is 0 Å². The highest BCUT2D eigenvalue weighted by Gasteiger charge is 2.26. The molecule has 132 valence electrons. The predicted molar refractivity (Wildman–Crippen MR) is 102 cm³/mol. The van der Waals surface area contributed by atoms with E-state index >= 15 is 0 Å². The van der Waals surface area contributed by atoms with E-state index in [1.807, 2.05) is 39.0 Å². The molecule has 1 aliphatic rings. The molecule has 0 bridgehead atoms. The number of nitrogens with one attached hydrogen (secondary N) is 2. The summed E-state index contributed by atoms with van der Waals surface area (Å²) in [6.45, 7) is 5.67. The fourth-order valence-corrected chi connectivity index (χ4v) is 3.69. The van der Waals surface area contributed by atoms with Crippen LogP contribution in [-0.2, 0) is 4.79 Å². The maximum absolute atomic E-state index is 12.7. The van der Waals surface area contributed by atoms with Gasteiger partial charge in [0.15, 0.2) is 11.4 Å². The number of nitrogens with zero attached hydrogens (tertiary/aromatic N) is 2. The molecule has 0 atom stereocenters. The molecule has 0 saturated carbocycles. The second kappa shape index (κ2) is 5.95. The van der Waals surface area contributed by atoms with Gasteiger partial charge in [-0.15, -0.1) is 11.8 Å². The number of ketones is 1. The van der Waals surface area contributed by atoms with Crippen LogP contribution in [-0.4, -0.2) is 32.4 Å². The maximum atomic E-state index is 12.7. The molecule has 0 radical (unpaired) electrons. The third kappa shape index (κ3) is 2.88. The van der Waals surface area contributed by atoms with Crippen molar-refractivity contribution in [3.63, 3.8) is 0 Å². The minimum atomic E-state index is -0.493. The highest BCUT2D eigenvalue weighted by atomic mass is 32.2. The summed E-state index contributed by atoms with van der Waals surface area (Å²) >= 11 is 1.50. The van der Waals surface area contributed by atoms with Crippen molar-refractivity contribution in [1.29, 1.82) is 0 Å². The number of H-pyrrole nitrogens is 1. The summed E-state index contributed by atoms with van der Waals surface area (Å²) in [5.41, 5.74) is 3.66. The lowest BCUT2D eigenvalue weighted by atomic mass is 9.87. The first kappa shape index (κ1) is 16.8. The van der Waals surface area contributed by atoms with Gasteiger partial charge in [-0.2, -0.15) is 0 Å². The number of hydrogen-bond donors (Lipinski definition) is 2. The molecule has 0 unspecified atom stereocenters. The maximum Gasteiger partial charge on any atom is 0.234 e. The lowest BCUT2D eigenvalue weighted by Crippen LogP contribution is -2.20. The van der Waals surface area contributed by atoms with E-state index in [1.165, 1.54) is 11.8 Å². The van der Waals surface area contributed by atoms with Gasteiger partial charge in [0.1, 0.15) is 5.52 Å². The zero-order valence-electron chi connectivity index (χ0n) is 14.7. The zero-order valence-corrected chi connectivity index (χ0v) is 15.5. The van der Waals surface area contributed by atoms with Crippen LogP contribution in [0.4, 0.5) is 5.69 Å². The molecule has 3 heterocycles. The third-order valence-corrected chi connectivity index (χ3v) is 5.27. The van der Waals surface area contributed by atoms with E-state index in [9.17, 15) is 9.59 Å². The fraction of sp³-hybridized carbons (Fsp3) is 0.263. The standard InChI is InChI=1S/C19H18N4O2S/c1-19(2,3)17(25)11-7-20-18-16(11)23-13(8-21-18)10-4-5-12-14(6-10)26-9-15(24)22-12/h4-8H,9H2,1-3H3,(H,20,21)(H,22,24). The first-order chi connectivity index (χ1) is 12.3. The zero-order chi connectivity index (χ0) is 18.5. The lowest BCUT2D eigenvalue weighted by Gasteiger charge is -2.17. The number of hydrogen-bond acceptors (Lipinski definition) is 5. The van der Waals surface area contributed by atoms with Crippen LogP contribution in [0.15, 0.2) is 35.5 Å². The van der Waals surface area contributed by atoms with Crippen molar-refractivity contribution in [1.82, 2.24) is 15.0 Å². The number of aromatic nitrogens is 3. The number of aromatic amines is 1. The topological polar surface area (TPSA) is 87.7 Å². The van der Waals surface area contributed by atoms with Gasteiger partial charge in [-0.05, 0) is 12.1 Å².